The van der Waals surface area contributed by atoms with E-state index in [0.29, 0.717) is 24.5 Å². The molecular formula is C14H18N6O. The number of hydrogen-bond donors (Lipinski definition) is 2. The largest absolute Gasteiger partial charge is 0.332 e. The number of hydrogen-bond acceptors (Lipinski definition) is 5. The zero-order valence-corrected chi connectivity index (χ0v) is 11.9. The number of nitrogens with two attached hydrogens (primary N) is 1. The van der Waals surface area contributed by atoms with Crippen molar-refractivity contribution in [3.8, 4) is 0 Å². The van der Waals surface area contributed by atoms with E-state index in [9.17, 15) is 4.79 Å². The van der Waals surface area contributed by atoms with Gasteiger partial charge in [0.25, 0.3) is 5.91 Å². The number of nitrogens with zero attached hydrogens (tertiary/aromatic N) is 4. The van der Waals surface area contributed by atoms with Crippen LogP contribution in [0.15, 0.2) is 24.5 Å². The summed E-state index contributed by atoms with van der Waals surface area (Å²) in [5.74, 6) is 6.83. The molecule has 0 saturated heterocycles. The second-order valence-electron chi connectivity index (χ2n) is 4.99. The van der Waals surface area contributed by atoms with E-state index in [2.05, 4.69) is 20.0 Å². The van der Waals surface area contributed by atoms with Gasteiger partial charge in [0.1, 0.15) is 11.6 Å². The van der Waals surface area contributed by atoms with E-state index in [1.54, 1.807) is 17.2 Å². The molecule has 3 N–H and O–H groups in total. The molecule has 2 aromatic heterocycles. The topological polar surface area (TPSA) is 89.1 Å². The number of carbonyl (C=O) groups excluding carboxylic acids is 1. The van der Waals surface area contributed by atoms with Crippen molar-refractivity contribution >= 4 is 11.7 Å². The van der Waals surface area contributed by atoms with Crippen molar-refractivity contribution in [3.05, 3.63) is 41.6 Å². The van der Waals surface area contributed by atoms with Gasteiger partial charge in [0.15, 0.2) is 0 Å². The Morgan fingerprint density at radius 3 is 3.05 bits per heavy atom. The second-order valence-corrected chi connectivity index (χ2v) is 4.99. The van der Waals surface area contributed by atoms with Gasteiger partial charge >= 0.3 is 0 Å². The number of imidazole rings is 1. The monoisotopic (exact) mass is 286 g/mol. The average molecular weight is 286 g/mol. The lowest BCUT2D eigenvalue weighted by Gasteiger charge is -2.28. The number of pyridine rings is 1. The Bertz CT molecular complexity index is 643. The lowest BCUT2D eigenvalue weighted by Crippen LogP contribution is -2.38. The lowest BCUT2D eigenvalue weighted by molar-refractivity contribution is 0.0707. The Kier molecular flexibility index (Phi) is 3.57. The van der Waals surface area contributed by atoms with E-state index in [4.69, 9.17) is 5.84 Å². The molecule has 0 aromatic carbocycles. The Balaban J connectivity index is 1.85. The van der Waals surface area contributed by atoms with E-state index in [0.717, 1.165) is 24.5 Å². The number of aryl methyl sites for hydroxylation is 1. The molecule has 0 atom stereocenters. The molecule has 0 aliphatic carbocycles. The zero-order chi connectivity index (χ0) is 14.8. The van der Waals surface area contributed by atoms with Crippen LogP contribution in [0.4, 0.5) is 5.82 Å². The number of carbonyl (C=O) groups is 1. The second kappa shape index (κ2) is 5.53. The van der Waals surface area contributed by atoms with Crippen LogP contribution in [-0.4, -0.2) is 31.9 Å². The number of anilines is 1. The molecule has 7 nitrogen and oxygen atoms in total. The molecule has 0 fully saturated rings. The van der Waals surface area contributed by atoms with Crippen LogP contribution >= 0.6 is 0 Å². The first kappa shape index (κ1) is 13.6. The van der Waals surface area contributed by atoms with Gasteiger partial charge < -0.3 is 14.9 Å². The van der Waals surface area contributed by atoms with Crippen molar-refractivity contribution in [2.75, 3.05) is 12.0 Å². The molecule has 0 bridgehead atoms. The van der Waals surface area contributed by atoms with Crippen molar-refractivity contribution in [1.82, 2.24) is 19.4 Å². The molecule has 3 heterocycles. The fraction of sp³-hybridized carbons (Fsp3) is 0.357. The first-order valence-electron chi connectivity index (χ1n) is 6.98. The standard InChI is InChI=1S/C14H18N6O/c1-2-11-7-10(8-12(17-11)18-15)14(21)20-6-5-19-4-3-16-13(19)9-20/h3-4,7-8H,2,5-6,9,15H2,1H3,(H,17,18). The molecule has 2 aromatic rings. The maximum absolute atomic E-state index is 12.7. The number of rotatable bonds is 3. The number of nitrogen functional groups attached to an aromatic ring is 1. The van der Waals surface area contributed by atoms with E-state index >= 15 is 0 Å². The zero-order valence-electron chi connectivity index (χ0n) is 11.9. The van der Waals surface area contributed by atoms with Crippen LogP contribution in [0.1, 0.15) is 28.8 Å². The van der Waals surface area contributed by atoms with Gasteiger partial charge in [0, 0.05) is 36.7 Å². The highest BCUT2D eigenvalue weighted by molar-refractivity contribution is 5.95. The third-order valence-electron chi connectivity index (χ3n) is 3.67. The number of hydrazine groups is 1. The van der Waals surface area contributed by atoms with E-state index in [-0.39, 0.29) is 5.91 Å². The summed E-state index contributed by atoms with van der Waals surface area (Å²) >= 11 is 0. The summed E-state index contributed by atoms with van der Waals surface area (Å²) in [6.07, 6.45) is 4.46. The lowest BCUT2D eigenvalue weighted by atomic mass is 10.1. The van der Waals surface area contributed by atoms with Gasteiger partial charge in [-0.2, -0.15) is 0 Å². The van der Waals surface area contributed by atoms with Crippen LogP contribution in [0.25, 0.3) is 0 Å². The Hall–Kier alpha value is -2.41. The summed E-state index contributed by atoms with van der Waals surface area (Å²) in [4.78, 5) is 23.0. The van der Waals surface area contributed by atoms with Gasteiger partial charge in [-0.3, -0.25) is 4.79 Å². The minimum atomic E-state index is -0.0159. The molecule has 1 amide bonds. The minimum Gasteiger partial charge on any atom is -0.332 e. The van der Waals surface area contributed by atoms with E-state index in [1.165, 1.54) is 0 Å². The van der Waals surface area contributed by atoms with Crippen LogP contribution in [0, 0.1) is 0 Å². The molecule has 1 aliphatic heterocycles. The smallest absolute Gasteiger partial charge is 0.254 e. The summed E-state index contributed by atoms with van der Waals surface area (Å²) in [6, 6.07) is 3.51. The maximum Gasteiger partial charge on any atom is 0.254 e. The Morgan fingerprint density at radius 1 is 1.43 bits per heavy atom. The summed E-state index contributed by atoms with van der Waals surface area (Å²) in [5, 5.41) is 0. The molecule has 21 heavy (non-hydrogen) atoms. The maximum atomic E-state index is 12.7. The molecule has 110 valence electrons. The molecule has 0 radical (unpaired) electrons. The highest BCUT2D eigenvalue weighted by Gasteiger charge is 2.23. The molecule has 0 saturated carbocycles. The predicted molar refractivity (Wildman–Crippen MR) is 78.4 cm³/mol. The fourth-order valence-electron chi connectivity index (χ4n) is 2.50. The van der Waals surface area contributed by atoms with Gasteiger partial charge in [0.05, 0.1) is 6.54 Å². The van der Waals surface area contributed by atoms with Gasteiger partial charge in [-0.15, -0.1) is 0 Å². The van der Waals surface area contributed by atoms with Crippen molar-refractivity contribution in [1.29, 1.82) is 0 Å². The molecule has 7 heteroatoms. The Morgan fingerprint density at radius 2 is 2.29 bits per heavy atom. The van der Waals surface area contributed by atoms with Gasteiger partial charge in [-0.25, -0.2) is 15.8 Å². The number of aromatic nitrogens is 3. The highest BCUT2D eigenvalue weighted by Crippen LogP contribution is 2.17. The molecule has 0 spiro atoms. The summed E-state index contributed by atoms with van der Waals surface area (Å²) in [7, 11) is 0. The molecule has 3 rings (SSSR count). The summed E-state index contributed by atoms with van der Waals surface area (Å²) in [6.45, 7) is 3.97. The SMILES string of the molecule is CCc1cc(C(=O)N2CCn3ccnc3C2)cc(NN)n1. The van der Waals surface area contributed by atoms with E-state index in [1.807, 2.05) is 19.2 Å². The van der Waals surface area contributed by atoms with Crippen LogP contribution in [0.3, 0.4) is 0 Å². The van der Waals surface area contributed by atoms with Crippen molar-refractivity contribution < 1.29 is 4.79 Å². The number of nitrogens with one attached hydrogen (secondary N) is 1. The fourth-order valence-corrected chi connectivity index (χ4v) is 2.50. The average Bonchev–Trinajstić information content (AvgIpc) is 3.01. The molecular weight excluding hydrogens is 268 g/mol. The number of amides is 1. The summed E-state index contributed by atoms with van der Waals surface area (Å²) < 4.78 is 2.07. The number of fused-ring (bicyclic) bond motifs is 1. The molecule has 1 aliphatic rings. The quantitative estimate of drug-likeness (QED) is 0.643. The third kappa shape index (κ3) is 2.59. The first-order valence-corrected chi connectivity index (χ1v) is 6.98. The van der Waals surface area contributed by atoms with Crippen LogP contribution in [0.2, 0.25) is 0 Å². The van der Waals surface area contributed by atoms with Gasteiger partial charge in [0.2, 0.25) is 0 Å². The van der Waals surface area contributed by atoms with Crippen LogP contribution in [0.5, 0.6) is 0 Å². The van der Waals surface area contributed by atoms with Crippen LogP contribution < -0.4 is 11.3 Å². The molecule has 0 unspecified atom stereocenters. The van der Waals surface area contributed by atoms with Crippen LogP contribution in [-0.2, 0) is 19.5 Å². The van der Waals surface area contributed by atoms with Crippen molar-refractivity contribution in [2.45, 2.75) is 26.4 Å². The minimum absolute atomic E-state index is 0.0159. The van der Waals surface area contributed by atoms with E-state index < -0.39 is 0 Å². The van der Waals surface area contributed by atoms with Gasteiger partial charge in [-0.05, 0) is 18.6 Å². The third-order valence-corrected chi connectivity index (χ3v) is 3.67. The highest BCUT2D eigenvalue weighted by atomic mass is 16.2. The summed E-state index contributed by atoms with van der Waals surface area (Å²) in [5.41, 5.74) is 3.96. The van der Waals surface area contributed by atoms with Gasteiger partial charge in [-0.1, -0.05) is 6.92 Å². The van der Waals surface area contributed by atoms with Crippen molar-refractivity contribution in [3.63, 3.8) is 0 Å². The normalized spacial score (nSPS) is 13.9. The van der Waals surface area contributed by atoms with Crippen molar-refractivity contribution in [2.24, 2.45) is 5.84 Å². The Labute approximate surface area is 122 Å². The first-order chi connectivity index (χ1) is 10.2. The predicted octanol–water partition coefficient (Wildman–Crippen LogP) is 0.782.